The van der Waals surface area contributed by atoms with Crippen molar-refractivity contribution in [2.45, 2.75) is 4.90 Å². The number of anilines is 1. The van der Waals surface area contributed by atoms with Crippen molar-refractivity contribution >= 4 is 49.7 Å². The maximum absolute atomic E-state index is 12.7. The molecule has 0 radical (unpaired) electrons. The van der Waals surface area contributed by atoms with Crippen LogP contribution in [0.25, 0.3) is 22.0 Å². The molecule has 0 fully saturated rings. The number of fused-ring (bicyclic) bond motifs is 1. The number of pyridine rings is 1. The monoisotopic (exact) mass is 428 g/mol. The number of benzene rings is 3. The van der Waals surface area contributed by atoms with Crippen LogP contribution >= 0.6 is 23.2 Å². The van der Waals surface area contributed by atoms with Gasteiger partial charge in [0.1, 0.15) is 0 Å². The standard InChI is InChI=1S/C21H14Cl2N2O2S/c22-15-5-8-17(9-6-15)28(26,27)25-16-7-10-20(23)19(13-16)21-18-4-2-1-3-14(18)11-12-24-21/h1-13,25H. The minimum Gasteiger partial charge on any atom is -0.280 e. The average molecular weight is 429 g/mol. The molecule has 140 valence electrons. The SMILES string of the molecule is O=S(=O)(Nc1ccc(Cl)c(-c2nccc3ccccc23)c1)c1ccc(Cl)cc1. The highest BCUT2D eigenvalue weighted by Crippen LogP contribution is 2.34. The van der Waals surface area contributed by atoms with Crippen LogP contribution in [0.1, 0.15) is 0 Å². The molecule has 28 heavy (non-hydrogen) atoms. The molecule has 0 spiro atoms. The Hall–Kier alpha value is -2.60. The summed E-state index contributed by atoms with van der Waals surface area (Å²) in [4.78, 5) is 4.59. The lowest BCUT2D eigenvalue weighted by Crippen LogP contribution is -2.12. The number of rotatable bonds is 4. The predicted molar refractivity (Wildman–Crippen MR) is 114 cm³/mol. The highest BCUT2D eigenvalue weighted by atomic mass is 35.5. The Bertz CT molecular complexity index is 1270. The number of hydrogen-bond acceptors (Lipinski definition) is 3. The lowest BCUT2D eigenvalue weighted by atomic mass is 10.0. The first kappa shape index (κ1) is 18.7. The fourth-order valence-electron chi connectivity index (χ4n) is 2.93. The summed E-state index contributed by atoms with van der Waals surface area (Å²) in [7, 11) is -3.76. The molecule has 4 aromatic rings. The summed E-state index contributed by atoms with van der Waals surface area (Å²) in [5, 5.41) is 2.91. The second kappa shape index (κ2) is 7.43. The zero-order valence-electron chi connectivity index (χ0n) is 14.4. The van der Waals surface area contributed by atoms with Gasteiger partial charge in [0.05, 0.1) is 15.6 Å². The first-order valence-corrected chi connectivity index (χ1v) is 10.6. The fourth-order valence-corrected chi connectivity index (χ4v) is 4.31. The van der Waals surface area contributed by atoms with Crippen LogP contribution in [-0.2, 0) is 10.0 Å². The Morgan fingerprint density at radius 1 is 0.857 bits per heavy atom. The number of hydrogen-bond donors (Lipinski definition) is 1. The molecular weight excluding hydrogens is 415 g/mol. The summed E-state index contributed by atoms with van der Waals surface area (Å²) in [5.41, 5.74) is 1.73. The molecule has 0 aliphatic carbocycles. The number of halogens is 2. The van der Waals surface area contributed by atoms with E-state index in [-0.39, 0.29) is 4.90 Å². The van der Waals surface area contributed by atoms with Gasteiger partial charge in [0.15, 0.2) is 0 Å². The molecule has 0 amide bonds. The van der Waals surface area contributed by atoms with Crippen molar-refractivity contribution in [3.8, 4) is 11.3 Å². The van der Waals surface area contributed by atoms with Crippen LogP contribution in [-0.4, -0.2) is 13.4 Å². The highest BCUT2D eigenvalue weighted by molar-refractivity contribution is 7.92. The average Bonchev–Trinajstić information content (AvgIpc) is 2.69. The van der Waals surface area contributed by atoms with E-state index in [0.717, 1.165) is 10.8 Å². The largest absolute Gasteiger partial charge is 0.280 e. The third-order valence-corrected chi connectivity index (χ3v) is 6.25. The van der Waals surface area contributed by atoms with Gasteiger partial charge in [-0.25, -0.2) is 8.42 Å². The summed E-state index contributed by atoms with van der Waals surface area (Å²) in [6, 6.07) is 20.7. The van der Waals surface area contributed by atoms with E-state index in [1.807, 2.05) is 30.3 Å². The van der Waals surface area contributed by atoms with Gasteiger partial charge in [-0.1, -0.05) is 47.5 Å². The molecule has 0 unspecified atom stereocenters. The van der Waals surface area contributed by atoms with Gasteiger partial charge < -0.3 is 0 Å². The molecule has 4 nitrogen and oxygen atoms in total. The summed E-state index contributed by atoms with van der Waals surface area (Å²) in [5.74, 6) is 0. The molecule has 1 N–H and O–H groups in total. The molecule has 1 aromatic heterocycles. The van der Waals surface area contributed by atoms with Crippen molar-refractivity contribution in [2.24, 2.45) is 0 Å². The number of nitrogens with zero attached hydrogens (tertiary/aromatic N) is 1. The Labute approximate surface area is 172 Å². The van der Waals surface area contributed by atoms with E-state index in [4.69, 9.17) is 23.2 Å². The second-order valence-corrected chi connectivity index (χ2v) is 8.66. The van der Waals surface area contributed by atoms with Gasteiger partial charge in [-0.3, -0.25) is 9.71 Å². The highest BCUT2D eigenvalue weighted by Gasteiger charge is 2.16. The van der Waals surface area contributed by atoms with Gasteiger partial charge in [-0.05, 0) is 53.9 Å². The van der Waals surface area contributed by atoms with E-state index in [1.54, 1.807) is 24.4 Å². The Morgan fingerprint density at radius 3 is 2.39 bits per heavy atom. The number of sulfonamides is 1. The zero-order chi connectivity index (χ0) is 19.7. The van der Waals surface area contributed by atoms with Crippen LogP contribution in [0.2, 0.25) is 10.0 Å². The van der Waals surface area contributed by atoms with Crippen LogP contribution in [0.3, 0.4) is 0 Å². The van der Waals surface area contributed by atoms with Gasteiger partial charge >= 0.3 is 0 Å². The third kappa shape index (κ3) is 3.69. The van der Waals surface area contributed by atoms with Crippen molar-refractivity contribution in [3.05, 3.63) is 89.0 Å². The van der Waals surface area contributed by atoms with Crippen molar-refractivity contribution in [1.82, 2.24) is 4.98 Å². The van der Waals surface area contributed by atoms with Crippen LogP contribution in [0, 0.1) is 0 Å². The third-order valence-electron chi connectivity index (χ3n) is 4.27. The maximum atomic E-state index is 12.7. The molecule has 3 aromatic carbocycles. The summed E-state index contributed by atoms with van der Waals surface area (Å²) < 4.78 is 27.9. The minimum absolute atomic E-state index is 0.122. The molecule has 0 saturated heterocycles. The van der Waals surface area contributed by atoms with Crippen LogP contribution in [0.5, 0.6) is 0 Å². The number of aromatic nitrogens is 1. The molecule has 0 bridgehead atoms. The van der Waals surface area contributed by atoms with Gasteiger partial charge in [0.2, 0.25) is 0 Å². The predicted octanol–water partition coefficient (Wildman–Crippen LogP) is 6.01. The lowest BCUT2D eigenvalue weighted by Gasteiger charge is -2.12. The quantitative estimate of drug-likeness (QED) is 0.432. The summed E-state index contributed by atoms with van der Waals surface area (Å²) in [6.07, 6.45) is 1.71. The smallest absolute Gasteiger partial charge is 0.261 e. The van der Waals surface area contributed by atoms with Gasteiger partial charge in [-0.2, -0.15) is 0 Å². The summed E-state index contributed by atoms with van der Waals surface area (Å²) >= 11 is 12.2. The fraction of sp³-hybridized carbons (Fsp3) is 0. The Morgan fingerprint density at radius 2 is 1.61 bits per heavy atom. The van der Waals surface area contributed by atoms with E-state index >= 15 is 0 Å². The van der Waals surface area contributed by atoms with Crippen molar-refractivity contribution in [3.63, 3.8) is 0 Å². The first-order valence-electron chi connectivity index (χ1n) is 8.36. The van der Waals surface area contributed by atoms with Crippen LogP contribution in [0.4, 0.5) is 5.69 Å². The van der Waals surface area contributed by atoms with Crippen LogP contribution < -0.4 is 4.72 Å². The zero-order valence-corrected chi connectivity index (χ0v) is 16.8. The molecule has 0 aliphatic rings. The molecular formula is C21H14Cl2N2O2S. The van der Waals surface area contributed by atoms with E-state index < -0.39 is 10.0 Å². The van der Waals surface area contributed by atoms with Gasteiger partial charge in [-0.15, -0.1) is 0 Å². The molecule has 7 heteroatoms. The van der Waals surface area contributed by atoms with Crippen molar-refractivity contribution in [2.75, 3.05) is 4.72 Å². The van der Waals surface area contributed by atoms with E-state index in [2.05, 4.69) is 9.71 Å². The second-order valence-electron chi connectivity index (χ2n) is 6.13. The molecule has 0 saturated carbocycles. The first-order chi connectivity index (χ1) is 13.4. The van der Waals surface area contributed by atoms with Crippen molar-refractivity contribution < 1.29 is 8.42 Å². The topological polar surface area (TPSA) is 59.1 Å². The summed E-state index contributed by atoms with van der Waals surface area (Å²) in [6.45, 7) is 0. The Kier molecular flexibility index (Phi) is 4.98. The lowest BCUT2D eigenvalue weighted by molar-refractivity contribution is 0.601. The maximum Gasteiger partial charge on any atom is 0.261 e. The molecule has 0 aliphatic heterocycles. The molecule has 0 atom stereocenters. The minimum atomic E-state index is -3.76. The van der Waals surface area contributed by atoms with E-state index in [9.17, 15) is 8.42 Å². The molecule has 1 heterocycles. The van der Waals surface area contributed by atoms with Gasteiger partial charge in [0, 0.05) is 27.9 Å². The van der Waals surface area contributed by atoms with E-state index in [1.165, 1.54) is 24.3 Å². The number of nitrogens with one attached hydrogen (secondary N) is 1. The van der Waals surface area contributed by atoms with E-state index in [0.29, 0.717) is 27.0 Å². The van der Waals surface area contributed by atoms with Crippen molar-refractivity contribution in [1.29, 1.82) is 0 Å². The Balaban J connectivity index is 1.76. The normalized spacial score (nSPS) is 11.5. The van der Waals surface area contributed by atoms with Crippen LogP contribution in [0.15, 0.2) is 83.9 Å². The molecule has 4 rings (SSSR count). The van der Waals surface area contributed by atoms with Gasteiger partial charge in [0.25, 0.3) is 10.0 Å².